The van der Waals surface area contributed by atoms with E-state index in [1.807, 2.05) is 5.48 Å². The molecule has 0 fully saturated rings. The van der Waals surface area contributed by atoms with Gasteiger partial charge in [0.25, 0.3) is 5.91 Å². The third-order valence-electron chi connectivity index (χ3n) is 2.92. The minimum absolute atomic E-state index is 0.0270. The molecular formula is C15H15N3O5S2. The molecule has 0 bridgehead atoms. The smallest absolute Gasteiger partial charge is 0.291 e. The van der Waals surface area contributed by atoms with Gasteiger partial charge < -0.3 is 15.5 Å². The SMILES string of the molecule is C=C(NC(=O)c1ccco1)S/C(=C\N)S(=O)(=O)c1ccc(NO)cc1. The second-order valence-corrected chi connectivity index (χ2v) is 7.90. The molecule has 0 atom stereocenters. The van der Waals surface area contributed by atoms with E-state index in [0.717, 1.165) is 6.20 Å². The molecule has 1 heterocycles. The molecule has 0 spiro atoms. The lowest BCUT2D eigenvalue weighted by atomic mass is 10.3. The Kier molecular flexibility index (Phi) is 5.91. The molecule has 0 radical (unpaired) electrons. The van der Waals surface area contributed by atoms with Crippen molar-refractivity contribution in [3.8, 4) is 0 Å². The van der Waals surface area contributed by atoms with Crippen molar-refractivity contribution in [1.29, 1.82) is 0 Å². The first-order valence-electron chi connectivity index (χ1n) is 6.77. The lowest BCUT2D eigenvalue weighted by Crippen LogP contribution is -2.20. The summed E-state index contributed by atoms with van der Waals surface area (Å²) >= 11 is 0.697. The van der Waals surface area contributed by atoms with Crippen LogP contribution in [0.15, 0.2) is 74.0 Å². The Morgan fingerprint density at radius 2 is 1.96 bits per heavy atom. The van der Waals surface area contributed by atoms with Gasteiger partial charge >= 0.3 is 0 Å². The van der Waals surface area contributed by atoms with Crippen molar-refractivity contribution in [1.82, 2.24) is 5.32 Å². The quantitative estimate of drug-likeness (QED) is 0.536. The van der Waals surface area contributed by atoms with Crippen LogP contribution in [0.25, 0.3) is 0 Å². The van der Waals surface area contributed by atoms with Gasteiger partial charge in [-0.15, -0.1) is 0 Å². The molecule has 0 unspecified atom stereocenters. The van der Waals surface area contributed by atoms with Crippen molar-refractivity contribution in [2.45, 2.75) is 4.90 Å². The molecule has 2 aromatic rings. The number of nitrogens with one attached hydrogen (secondary N) is 2. The Morgan fingerprint density at radius 3 is 2.48 bits per heavy atom. The second-order valence-electron chi connectivity index (χ2n) is 4.58. The molecule has 0 aliphatic carbocycles. The third kappa shape index (κ3) is 4.44. The summed E-state index contributed by atoms with van der Waals surface area (Å²) in [6.07, 6.45) is 2.26. The summed E-state index contributed by atoms with van der Waals surface area (Å²) in [4.78, 5) is 11.8. The molecule has 0 saturated heterocycles. The maximum absolute atomic E-state index is 12.6. The first kappa shape index (κ1) is 18.6. The molecular weight excluding hydrogens is 366 g/mol. The van der Waals surface area contributed by atoms with Crippen LogP contribution in [0.2, 0.25) is 0 Å². The summed E-state index contributed by atoms with van der Waals surface area (Å²) in [7, 11) is -3.91. The summed E-state index contributed by atoms with van der Waals surface area (Å²) in [5.41, 5.74) is 7.68. The predicted octanol–water partition coefficient (Wildman–Crippen LogP) is 2.25. The summed E-state index contributed by atoms with van der Waals surface area (Å²) in [5.74, 6) is -0.496. The molecule has 5 N–H and O–H groups in total. The molecule has 0 aliphatic heterocycles. The van der Waals surface area contributed by atoms with Gasteiger partial charge in [0.15, 0.2) is 5.76 Å². The largest absolute Gasteiger partial charge is 0.459 e. The number of amides is 1. The highest BCUT2D eigenvalue weighted by Gasteiger charge is 2.23. The molecule has 1 aromatic carbocycles. The van der Waals surface area contributed by atoms with Gasteiger partial charge in [0.2, 0.25) is 9.84 Å². The van der Waals surface area contributed by atoms with Crippen LogP contribution in [0.1, 0.15) is 10.6 Å². The van der Waals surface area contributed by atoms with Gasteiger partial charge in [0, 0.05) is 6.20 Å². The standard InChI is InChI=1S/C15H15N3O5S2/c1-10(17-15(19)13-3-2-8-23-13)24-14(9-16)25(21,22)12-6-4-11(18-20)5-7-12/h2-9,18,20H,1,16H2,(H,17,19)/b14-9+. The van der Waals surface area contributed by atoms with E-state index in [4.69, 9.17) is 15.4 Å². The van der Waals surface area contributed by atoms with Crippen LogP contribution in [0.4, 0.5) is 5.69 Å². The van der Waals surface area contributed by atoms with Crippen molar-refractivity contribution in [3.63, 3.8) is 0 Å². The molecule has 2 rings (SSSR count). The van der Waals surface area contributed by atoms with E-state index in [9.17, 15) is 13.2 Å². The molecule has 25 heavy (non-hydrogen) atoms. The van der Waals surface area contributed by atoms with Crippen LogP contribution in [-0.2, 0) is 9.84 Å². The average Bonchev–Trinajstić information content (AvgIpc) is 3.14. The van der Waals surface area contributed by atoms with Crippen LogP contribution in [0.3, 0.4) is 0 Å². The number of carbonyl (C=O) groups is 1. The molecule has 1 aromatic heterocycles. The summed E-state index contributed by atoms with van der Waals surface area (Å²) < 4.78 is 29.9. The van der Waals surface area contributed by atoms with Crippen molar-refractivity contribution in [3.05, 3.63) is 70.5 Å². The van der Waals surface area contributed by atoms with Gasteiger partial charge in [0.1, 0.15) is 4.24 Å². The maximum atomic E-state index is 12.6. The molecule has 132 valence electrons. The van der Waals surface area contributed by atoms with E-state index in [1.165, 1.54) is 36.6 Å². The number of rotatable bonds is 7. The fraction of sp³-hybridized carbons (Fsp3) is 0. The Balaban J connectivity index is 2.12. The van der Waals surface area contributed by atoms with E-state index >= 15 is 0 Å². The van der Waals surface area contributed by atoms with E-state index < -0.39 is 15.7 Å². The molecule has 1 amide bonds. The lowest BCUT2D eigenvalue weighted by Gasteiger charge is -2.11. The molecule has 0 aliphatic rings. The highest BCUT2D eigenvalue weighted by Crippen LogP contribution is 2.32. The predicted molar refractivity (Wildman–Crippen MR) is 94.2 cm³/mol. The van der Waals surface area contributed by atoms with Gasteiger partial charge in [-0.2, -0.15) is 0 Å². The van der Waals surface area contributed by atoms with Gasteiger partial charge in [0.05, 0.1) is 21.9 Å². The number of thioether (sulfide) groups is 1. The summed E-state index contributed by atoms with van der Waals surface area (Å²) in [6, 6.07) is 8.40. The number of hydrogen-bond acceptors (Lipinski definition) is 8. The zero-order valence-corrected chi connectivity index (χ0v) is 14.4. The minimum Gasteiger partial charge on any atom is -0.459 e. The highest BCUT2D eigenvalue weighted by atomic mass is 32.3. The third-order valence-corrected chi connectivity index (χ3v) is 6.07. The number of nitrogens with two attached hydrogens (primary N) is 1. The molecule has 8 nitrogen and oxygen atoms in total. The van der Waals surface area contributed by atoms with Crippen LogP contribution in [-0.4, -0.2) is 19.5 Å². The summed E-state index contributed by atoms with van der Waals surface area (Å²) in [6.45, 7) is 3.61. The van der Waals surface area contributed by atoms with Gasteiger partial charge in [-0.3, -0.25) is 15.5 Å². The lowest BCUT2D eigenvalue weighted by molar-refractivity contribution is 0.0941. The Labute approximate surface area is 148 Å². The van der Waals surface area contributed by atoms with Gasteiger partial charge in [-0.1, -0.05) is 18.3 Å². The maximum Gasteiger partial charge on any atom is 0.291 e. The Bertz CT molecular complexity index is 888. The number of hydrogen-bond donors (Lipinski definition) is 4. The monoisotopic (exact) mass is 381 g/mol. The Morgan fingerprint density at radius 1 is 1.28 bits per heavy atom. The number of benzene rings is 1. The first-order valence-corrected chi connectivity index (χ1v) is 9.07. The van der Waals surface area contributed by atoms with E-state index in [0.29, 0.717) is 17.4 Å². The first-order chi connectivity index (χ1) is 11.9. The minimum atomic E-state index is -3.91. The fourth-order valence-electron chi connectivity index (χ4n) is 1.75. The second kappa shape index (κ2) is 7.92. The van der Waals surface area contributed by atoms with Crippen molar-refractivity contribution >= 4 is 33.2 Å². The number of carbonyl (C=O) groups excluding carboxylic acids is 1. The highest BCUT2D eigenvalue weighted by molar-refractivity contribution is 8.20. The van der Waals surface area contributed by atoms with Gasteiger partial charge in [-0.25, -0.2) is 8.42 Å². The van der Waals surface area contributed by atoms with Crippen molar-refractivity contribution < 1.29 is 22.8 Å². The average molecular weight is 381 g/mol. The van der Waals surface area contributed by atoms with Crippen LogP contribution < -0.4 is 16.5 Å². The zero-order chi connectivity index (χ0) is 18.4. The van der Waals surface area contributed by atoms with E-state index in [2.05, 4.69) is 11.9 Å². The van der Waals surface area contributed by atoms with Crippen molar-refractivity contribution in [2.24, 2.45) is 5.73 Å². The van der Waals surface area contributed by atoms with E-state index in [1.54, 1.807) is 6.07 Å². The van der Waals surface area contributed by atoms with Crippen LogP contribution >= 0.6 is 11.8 Å². The van der Waals surface area contributed by atoms with Crippen molar-refractivity contribution in [2.75, 3.05) is 5.48 Å². The molecule has 10 heteroatoms. The fourth-order valence-corrected chi connectivity index (χ4v) is 4.14. The number of sulfone groups is 1. The van der Waals surface area contributed by atoms with Crippen LogP contribution in [0, 0.1) is 0 Å². The summed E-state index contributed by atoms with van der Waals surface area (Å²) in [5, 5.41) is 11.3. The van der Waals surface area contributed by atoms with E-state index in [-0.39, 0.29) is 19.9 Å². The van der Waals surface area contributed by atoms with Crippen LogP contribution in [0.5, 0.6) is 0 Å². The Hall–Kier alpha value is -2.69. The number of furan rings is 1. The molecule has 0 saturated carbocycles. The zero-order valence-electron chi connectivity index (χ0n) is 12.8. The van der Waals surface area contributed by atoms with Gasteiger partial charge in [-0.05, 0) is 36.4 Å². The normalized spacial score (nSPS) is 11.8. The topological polar surface area (TPSA) is 135 Å². The number of anilines is 1.